The number of nitrogen functional groups attached to an aromatic ring is 1. The number of nitrogens with two attached hydrogens (primary N) is 1. The van der Waals surface area contributed by atoms with Crippen LogP contribution in [-0.2, 0) is 5.75 Å². The Bertz CT molecular complexity index is 816. The lowest BCUT2D eigenvalue weighted by Gasteiger charge is -1.99. The van der Waals surface area contributed by atoms with Crippen LogP contribution in [0.2, 0.25) is 0 Å². The molecule has 0 bridgehead atoms. The van der Waals surface area contributed by atoms with Gasteiger partial charge in [0.15, 0.2) is 5.16 Å². The van der Waals surface area contributed by atoms with Gasteiger partial charge in [-0.15, -0.1) is 0 Å². The number of thioether (sulfide) groups is 1. The highest BCUT2D eigenvalue weighted by Crippen LogP contribution is 2.25. The molecule has 0 radical (unpaired) electrons. The molecule has 3 aromatic rings. The number of aromatic amines is 1. The lowest BCUT2D eigenvalue weighted by atomic mass is 10.2. The van der Waals surface area contributed by atoms with E-state index in [0.717, 1.165) is 21.8 Å². The number of benzene rings is 2. The van der Waals surface area contributed by atoms with Crippen LogP contribution >= 0.6 is 11.8 Å². The predicted octanol–water partition coefficient (Wildman–Crippen LogP) is 3.35. The Morgan fingerprint density at radius 1 is 1.29 bits per heavy atom. The van der Waals surface area contributed by atoms with E-state index in [4.69, 9.17) is 5.73 Å². The molecule has 3 N–H and O–H groups in total. The van der Waals surface area contributed by atoms with Gasteiger partial charge in [0.2, 0.25) is 0 Å². The van der Waals surface area contributed by atoms with E-state index in [2.05, 4.69) is 9.97 Å². The van der Waals surface area contributed by atoms with Crippen molar-refractivity contribution in [2.75, 3.05) is 5.73 Å². The Kier molecular flexibility index (Phi) is 3.49. The summed E-state index contributed by atoms with van der Waals surface area (Å²) in [5, 5.41) is 11.5. The fourth-order valence-corrected chi connectivity index (χ4v) is 2.81. The van der Waals surface area contributed by atoms with Crippen molar-refractivity contribution in [2.45, 2.75) is 10.9 Å². The number of nitrogens with one attached hydrogen (secondary N) is 1. The van der Waals surface area contributed by atoms with Crippen LogP contribution < -0.4 is 5.73 Å². The molecule has 0 atom stereocenters. The highest BCUT2D eigenvalue weighted by molar-refractivity contribution is 7.98. The minimum atomic E-state index is -0.391. The summed E-state index contributed by atoms with van der Waals surface area (Å²) in [5.41, 5.74) is 9.13. The van der Waals surface area contributed by atoms with Crippen molar-refractivity contribution in [3.63, 3.8) is 0 Å². The van der Waals surface area contributed by atoms with Crippen LogP contribution in [0.3, 0.4) is 0 Å². The number of nitro groups is 1. The predicted molar refractivity (Wildman–Crippen MR) is 83.2 cm³/mol. The summed E-state index contributed by atoms with van der Waals surface area (Å²) in [5.74, 6) is 0.608. The molecule has 0 unspecified atom stereocenters. The Morgan fingerprint density at radius 3 is 2.95 bits per heavy atom. The maximum atomic E-state index is 10.7. The molecule has 0 aliphatic rings. The van der Waals surface area contributed by atoms with E-state index in [0.29, 0.717) is 11.4 Å². The largest absolute Gasteiger partial charge is 0.399 e. The third-order valence-electron chi connectivity index (χ3n) is 2.98. The van der Waals surface area contributed by atoms with Crippen LogP contribution in [0.25, 0.3) is 11.0 Å². The van der Waals surface area contributed by atoms with Gasteiger partial charge in [0.25, 0.3) is 5.69 Å². The second-order valence-corrected chi connectivity index (χ2v) is 5.50. The second-order valence-electron chi connectivity index (χ2n) is 4.53. The summed E-state index contributed by atoms with van der Waals surface area (Å²) in [4.78, 5) is 18.0. The van der Waals surface area contributed by atoms with Crippen molar-refractivity contribution >= 4 is 34.2 Å². The molecule has 1 heterocycles. The van der Waals surface area contributed by atoms with Crippen molar-refractivity contribution in [1.29, 1.82) is 0 Å². The summed E-state index contributed by atoms with van der Waals surface area (Å²) in [6, 6.07) is 12.1. The zero-order valence-corrected chi connectivity index (χ0v) is 11.8. The third-order valence-corrected chi connectivity index (χ3v) is 3.93. The molecule has 6 nitrogen and oxygen atoms in total. The Labute approximate surface area is 124 Å². The lowest BCUT2D eigenvalue weighted by molar-refractivity contribution is -0.384. The molecule has 1 aromatic heterocycles. The van der Waals surface area contributed by atoms with Crippen molar-refractivity contribution in [1.82, 2.24) is 9.97 Å². The molecule has 0 aliphatic heterocycles. The van der Waals surface area contributed by atoms with Crippen LogP contribution in [0.1, 0.15) is 5.56 Å². The van der Waals surface area contributed by atoms with E-state index in [1.165, 1.54) is 17.8 Å². The normalized spacial score (nSPS) is 10.9. The lowest BCUT2D eigenvalue weighted by Crippen LogP contribution is -1.89. The number of fused-ring (bicyclic) bond motifs is 1. The number of imidazole rings is 1. The first kappa shape index (κ1) is 13.4. The molecule has 21 heavy (non-hydrogen) atoms. The van der Waals surface area contributed by atoms with Crippen molar-refractivity contribution < 1.29 is 4.92 Å². The topological polar surface area (TPSA) is 97.8 Å². The van der Waals surface area contributed by atoms with E-state index < -0.39 is 4.92 Å². The van der Waals surface area contributed by atoms with Gasteiger partial charge in [0.05, 0.1) is 16.0 Å². The minimum absolute atomic E-state index is 0.102. The fourth-order valence-electron chi connectivity index (χ4n) is 1.98. The number of rotatable bonds is 4. The molecule has 2 aromatic carbocycles. The average molecular weight is 300 g/mol. The Hall–Kier alpha value is -2.54. The summed E-state index contributed by atoms with van der Waals surface area (Å²) in [7, 11) is 0. The maximum Gasteiger partial charge on any atom is 0.269 e. The monoisotopic (exact) mass is 300 g/mol. The zero-order valence-electron chi connectivity index (χ0n) is 10.9. The SMILES string of the molecule is Nc1ccc2nc(SCc3cccc([N+](=O)[O-])c3)[nH]c2c1. The van der Waals surface area contributed by atoms with E-state index in [1.807, 2.05) is 18.2 Å². The maximum absolute atomic E-state index is 10.7. The zero-order chi connectivity index (χ0) is 14.8. The molecule has 3 rings (SSSR count). The number of nitro benzene ring substituents is 1. The van der Waals surface area contributed by atoms with Crippen LogP contribution in [0, 0.1) is 10.1 Å². The van der Waals surface area contributed by atoms with Gasteiger partial charge in [0.1, 0.15) is 0 Å². The quantitative estimate of drug-likeness (QED) is 0.333. The number of anilines is 1. The highest BCUT2D eigenvalue weighted by Gasteiger charge is 2.08. The standard InChI is InChI=1S/C14H12N4O2S/c15-10-4-5-12-13(7-10)17-14(16-12)21-8-9-2-1-3-11(6-9)18(19)20/h1-7H,8,15H2,(H,16,17). The van der Waals surface area contributed by atoms with E-state index in [9.17, 15) is 10.1 Å². The number of nitrogens with zero attached hydrogens (tertiary/aromatic N) is 2. The average Bonchev–Trinajstić information content (AvgIpc) is 2.87. The molecular formula is C14H12N4O2S. The number of hydrogen-bond acceptors (Lipinski definition) is 5. The van der Waals surface area contributed by atoms with E-state index in [-0.39, 0.29) is 5.69 Å². The molecule has 0 saturated heterocycles. The first-order valence-electron chi connectivity index (χ1n) is 6.23. The van der Waals surface area contributed by atoms with Crippen LogP contribution in [0.5, 0.6) is 0 Å². The van der Waals surface area contributed by atoms with Crippen molar-refractivity contribution in [3.05, 3.63) is 58.1 Å². The van der Waals surface area contributed by atoms with Gasteiger partial charge in [-0.25, -0.2) is 4.98 Å². The molecule has 0 saturated carbocycles. The molecular weight excluding hydrogens is 288 g/mol. The molecule has 0 spiro atoms. The van der Waals surface area contributed by atoms with Gasteiger partial charge in [-0.1, -0.05) is 23.9 Å². The van der Waals surface area contributed by atoms with Crippen LogP contribution in [0.4, 0.5) is 11.4 Å². The van der Waals surface area contributed by atoms with Gasteiger partial charge < -0.3 is 10.7 Å². The highest BCUT2D eigenvalue weighted by atomic mass is 32.2. The third kappa shape index (κ3) is 2.97. The summed E-state index contributed by atoms with van der Waals surface area (Å²) < 4.78 is 0. The number of aromatic nitrogens is 2. The van der Waals surface area contributed by atoms with E-state index in [1.54, 1.807) is 18.2 Å². The first-order chi connectivity index (χ1) is 10.1. The van der Waals surface area contributed by atoms with E-state index >= 15 is 0 Å². The Balaban J connectivity index is 1.77. The smallest absolute Gasteiger partial charge is 0.269 e. The molecule has 106 valence electrons. The summed E-state index contributed by atoms with van der Waals surface area (Å²) in [6.45, 7) is 0. The molecule has 0 aliphatic carbocycles. The molecule has 7 heteroatoms. The number of H-pyrrole nitrogens is 1. The van der Waals surface area contributed by atoms with Gasteiger partial charge in [-0.3, -0.25) is 10.1 Å². The van der Waals surface area contributed by atoms with Gasteiger partial charge in [-0.2, -0.15) is 0 Å². The second kappa shape index (κ2) is 5.45. The van der Waals surface area contributed by atoms with Crippen molar-refractivity contribution in [3.8, 4) is 0 Å². The molecule has 0 fully saturated rings. The van der Waals surface area contributed by atoms with Gasteiger partial charge >= 0.3 is 0 Å². The van der Waals surface area contributed by atoms with Crippen molar-refractivity contribution in [2.24, 2.45) is 0 Å². The van der Waals surface area contributed by atoms with Gasteiger partial charge in [-0.05, 0) is 23.8 Å². The summed E-state index contributed by atoms with van der Waals surface area (Å²) >= 11 is 1.50. The van der Waals surface area contributed by atoms with Gasteiger partial charge in [0, 0.05) is 23.6 Å². The molecule has 0 amide bonds. The summed E-state index contributed by atoms with van der Waals surface area (Å²) in [6.07, 6.45) is 0. The number of non-ortho nitro benzene ring substituents is 1. The Morgan fingerprint density at radius 2 is 2.14 bits per heavy atom. The van der Waals surface area contributed by atoms with Crippen LogP contribution in [-0.4, -0.2) is 14.9 Å². The minimum Gasteiger partial charge on any atom is -0.399 e. The van der Waals surface area contributed by atoms with Crippen LogP contribution in [0.15, 0.2) is 47.6 Å². The first-order valence-corrected chi connectivity index (χ1v) is 7.22. The fraction of sp³-hybridized carbons (Fsp3) is 0.0714. The number of hydrogen-bond donors (Lipinski definition) is 2.